The minimum Gasteiger partial charge on any atom is -0.381 e. The molecule has 2 atom stereocenters. The molecular weight excluding hydrogens is 252 g/mol. The number of hydrogen-bond acceptors (Lipinski definition) is 4. The summed E-state index contributed by atoms with van der Waals surface area (Å²) in [6.07, 6.45) is 6.17. The molecule has 1 aromatic rings. The molecule has 2 heterocycles. The van der Waals surface area contributed by atoms with E-state index < -0.39 is 0 Å². The Morgan fingerprint density at radius 1 is 1.55 bits per heavy atom. The number of nitrogens with one attached hydrogen (secondary N) is 1. The van der Waals surface area contributed by atoms with Gasteiger partial charge in [-0.25, -0.2) is 4.98 Å². The highest BCUT2D eigenvalue weighted by atomic mass is 16.5. The van der Waals surface area contributed by atoms with Crippen molar-refractivity contribution in [2.24, 2.45) is 13.0 Å². The van der Waals surface area contributed by atoms with Crippen molar-refractivity contribution in [2.75, 3.05) is 33.4 Å². The lowest BCUT2D eigenvalue weighted by Gasteiger charge is -2.34. The van der Waals surface area contributed by atoms with E-state index in [1.54, 1.807) is 0 Å². The number of nitrogens with zero attached hydrogens (tertiary/aromatic N) is 3. The first-order valence-electron chi connectivity index (χ1n) is 7.66. The van der Waals surface area contributed by atoms with E-state index in [4.69, 9.17) is 4.74 Å². The molecule has 1 aliphatic heterocycles. The molecule has 0 saturated carbocycles. The zero-order chi connectivity index (χ0) is 14.4. The molecule has 0 aromatic carbocycles. The summed E-state index contributed by atoms with van der Waals surface area (Å²) in [5, 5.41) is 3.67. The van der Waals surface area contributed by atoms with Crippen molar-refractivity contribution < 1.29 is 4.74 Å². The highest BCUT2D eigenvalue weighted by molar-refractivity contribution is 4.91. The van der Waals surface area contributed by atoms with Gasteiger partial charge >= 0.3 is 0 Å². The molecule has 114 valence electrons. The molecule has 1 fully saturated rings. The molecule has 2 unspecified atom stereocenters. The van der Waals surface area contributed by atoms with Gasteiger partial charge in [-0.2, -0.15) is 0 Å². The van der Waals surface area contributed by atoms with Crippen LogP contribution in [0.15, 0.2) is 12.4 Å². The van der Waals surface area contributed by atoms with Crippen LogP contribution in [0.3, 0.4) is 0 Å². The van der Waals surface area contributed by atoms with Crippen LogP contribution in [0.25, 0.3) is 0 Å². The van der Waals surface area contributed by atoms with Gasteiger partial charge in [-0.3, -0.25) is 4.90 Å². The Bertz CT molecular complexity index is 393. The molecule has 1 aromatic heterocycles. The van der Waals surface area contributed by atoms with Gasteiger partial charge in [-0.05, 0) is 26.4 Å². The third-order valence-corrected chi connectivity index (χ3v) is 4.01. The molecule has 0 amide bonds. The highest BCUT2D eigenvalue weighted by Crippen LogP contribution is 2.16. The number of hydrogen-bond donors (Lipinski definition) is 1. The van der Waals surface area contributed by atoms with Crippen LogP contribution in [-0.4, -0.2) is 53.8 Å². The van der Waals surface area contributed by atoms with Gasteiger partial charge < -0.3 is 14.6 Å². The van der Waals surface area contributed by atoms with Gasteiger partial charge in [0, 0.05) is 44.6 Å². The van der Waals surface area contributed by atoms with Crippen molar-refractivity contribution in [3.8, 4) is 0 Å². The summed E-state index contributed by atoms with van der Waals surface area (Å²) in [7, 11) is 4.21. The van der Waals surface area contributed by atoms with Crippen molar-refractivity contribution in [1.82, 2.24) is 19.8 Å². The number of aromatic nitrogens is 2. The largest absolute Gasteiger partial charge is 0.381 e. The summed E-state index contributed by atoms with van der Waals surface area (Å²) >= 11 is 0. The fourth-order valence-electron chi connectivity index (χ4n) is 2.83. The number of aryl methyl sites for hydroxylation is 1. The van der Waals surface area contributed by atoms with Crippen LogP contribution in [0.5, 0.6) is 0 Å². The van der Waals surface area contributed by atoms with Crippen LogP contribution in [0.4, 0.5) is 0 Å². The van der Waals surface area contributed by atoms with Crippen LogP contribution >= 0.6 is 0 Å². The van der Waals surface area contributed by atoms with E-state index in [1.165, 1.54) is 6.42 Å². The summed E-state index contributed by atoms with van der Waals surface area (Å²) in [4.78, 5) is 6.74. The van der Waals surface area contributed by atoms with Gasteiger partial charge in [-0.1, -0.05) is 6.92 Å². The third kappa shape index (κ3) is 4.30. The van der Waals surface area contributed by atoms with E-state index in [-0.39, 0.29) is 0 Å². The molecule has 20 heavy (non-hydrogen) atoms. The molecule has 2 rings (SSSR count). The molecular formula is C15H28N4O. The van der Waals surface area contributed by atoms with Gasteiger partial charge in [0.2, 0.25) is 0 Å². The Morgan fingerprint density at radius 3 is 3.10 bits per heavy atom. The maximum Gasteiger partial charge on any atom is 0.122 e. The lowest BCUT2D eigenvalue weighted by Crippen LogP contribution is -2.47. The molecule has 1 N–H and O–H groups in total. The SMILES string of the molecule is CCCNC1CCOCC1CN(C)Cc1nccn1C. The van der Waals surface area contributed by atoms with Crippen molar-refractivity contribution >= 4 is 0 Å². The quantitative estimate of drug-likeness (QED) is 0.816. The summed E-state index contributed by atoms with van der Waals surface area (Å²) in [6, 6.07) is 0.590. The first-order valence-corrected chi connectivity index (χ1v) is 7.66. The zero-order valence-electron chi connectivity index (χ0n) is 13.0. The van der Waals surface area contributed by atoms with E-state index in [9.17, 15) is 0 Å². The first-order chi connectivity index (χ1) is 9.70. The van der Waals surface area contributed by atoms with Crippen molar-refractivity contribution in [1.29, 1.82) is 0 Å². The molecule has 5 heteroatoms. The van der Waals surface area contributed by atoms with E-state index >= 15 is 0 Å². The molecule has 0 spiro atoms. The van der Waals surface area contributed by atoms with Gasteiger partial charge in [0.1, 0.15) is 5.82 Å². The topological polar surface area (TPSA) is 42.3 Å². The molecule has 1 aliphatic rings. The van der Waals surface area contributed by atoms with Crippen LogP contribution in [-0.2, 0) is 18.3 Å². The Labute approximate surface area is 122 Å². The van der Waals surface area contributed by atoms with Crippen LogP contribution in [0.2, 0.25) is 0 Å². The molecule has 0 bridgehead atoms. The fourth-order valence-corrected chi connectivity index (χ4v) is 2.83. The standard InChI is InChI=1S/C15H28N4O/c1-4-6-16-14-5-9-20-12-13(14)10-18(2)11-15-17-7-8-19(15)3/h7-8,13-14,16H,4-6,9-12H2,1-3H3. The average molecular weight is 280 g/mol. The monoisotopic (exact) mass is 280 g/mol. The number of ether oxygens (including phenoxy) is 1. The second kappa shape index (κ2) is 7.76. The van der Waals surface area contributed by atoms with Gasteiger partial charge in [0.05, 0.1) is 13.2 Å². The van der Waals surface area contributed by atoms with Crippen LogP contribution in [0, 0.1) is 5.92 Å². The van der Waals surface area contributed by atoms with Gasteiger partial charge in [-0.15, -0.1) is 0 Å². The van der Waals surface area contributed by atoms with Crippen LogP contribution < -0.4 is 5.32 Å². The molecule has 0 radical (unpaired) electrons. The zero-order valence-corrected chi connectivity index (χ0v) is 13.0. The van der Waals surface area contributed by atoms with E-state index in [0.717, 1.165) is 45.1 Å². The molecule has 1 saturated heterocycles. The Balaban J connectivity index is 1.84. The maximum atomic E-state index is 5.66. The summed E-state index contributed by atoms with van der Waals surface area (Å²) in [5.74, 6) is 1.68. The van der Waals surface area contributed by atoms with E-state index in [1.807, 2.05) is 19.4 Å². The first kappa shape index (κ1) is 15.5. The van der Waals surface area contributed by atoms with Crippen molar-refractivity contribution in [3.05, 3.63) is 18.2 Å². The minimum absolute atomic E-state index is 0.570. The van der Waals surface area contributed by atoms with Crippen LogP contribution in [0.1, 0.15) is 25.6 Å². The second-order valence-electron chi connectivity index (χ2n) is 5.84. The average Bonchev–Trinajstić information content (AvgIpc) is 2.83. The number of imidazole rings is 1. The Hall–Kier alpha value is -0.910. The minimum atomic E-state index is 0.570. The van der Waals surface area contributed by atoms with Gasteiger partial charge in [0.15, 0.2) is 0 Å². The Morgan fingerprint density at radius 2 is 2.40 bits per heavy atom. The van der Waals surface area contributed by atoms with Crippen molar-refractivity contribution in [2.45, 2.75) is 32.4 Å². The van der Waals surface area contributed by atoms with Crippen molar-refractivity contribution in [3.63, 3.8) is 0 Å². The summed E-state index contributed by atoms with van der Waals surface area (Å²) < 4.78 is 7.75. The third-order valence-electron chi connectivity index (χ3n) is 4.01. The summed E-state index contributed by atoms with van der Waals surface area (Å²) in [5.41, 5.74) is 0. The second-order valence-corrected chi connectivity index (χ2v) is 5.84. The summed E-state index contributed by atoms with van der Waals surface area (Å²) in [6.45, 7) is 7.01. The lowest BCUT2D eigenvalue weighted by molar-refractivity contribution is 0.0186. The fraction of sp³-hybridized carbons (Fsp3) is 0.800. The molecule has 0 aliphatic carbocycles. The van der Waals surface area contributed by atoms with Gasteiger partial charge in [0.25, 0.3) is 0 Å². The Kier molecular flexibility index (Phi) is 6.01. The smallest absolute Gasteiger partial charge is 0.122 e. The molecule has 5 nitrogen and oxygen atoms in total. The predicted octanol–water partition coefficient (Wildman–Crippen LogP) is 1.26. The van der Waals surface area contributed by atoms with E-state index in [0.29, 0.717) is 12.0 Å². The normalized spacial score (nSPS) is 23.4. The predicted molar refractivity (Wildman–Crippen MR) is 80.5 cm³/mol. The number of rotatable bonds is 7. The maximum absolute atomic E-state index is 5.66. The van der Waals surface area contributed by atoms with E-state index in [2.05, 4.69) is 33.7 Å². The highest BCUT2D eigenvalue weighted by Gasteiger charge is 2.26. The lowest BCUT2D eigenvalue weighted by atomic mass is 9.95.